The Morgan fingerprint density at radius 3 is 2.44 bits per heavy atom. The van der Waals surface area contributed by atoms with E-state index in [1.165, 1.54) is 0 Å². The molecule has 3 nitrogen and oxygen atoms in total. The molecule has 2 aromatic rings. The lowest BCUT2D eigenvalue weighted by Gasteiger charge is -2.22. The number of nitrogen functional groups attached to an aromatic ring is 1. The Kier molecular flexibility index (Phi) is 3.99. The van der Waals surface area contributed by atoms with Gasteiger partial charge >= 0.3 is 0 Å². The Balaban J connectivity index is 1.98. The van der Waals surface area contributed by atoms with Gasteiger partial charge in [-0.1, -0.05) is 12.1 Å². The molecule has 0 amide bonds. The van der Waals surface area contributed by atoms with Gasteiger partial charge in [0.05, 0.1) is 18.0 Å². The summed E-state index contributed by atoms with van der Waals surface area (Å²) in [4.78, 5) is 3.03. The maximum absolute atomic E-state index is 5.93. The van der Waals surface area contributed by atoms with Crippen molar-refractivity contribution in [1.29, 1.82) is 0 Å². The molecule has 0 aliphatic heterocycles. The first kappa shape index (κ1) is 12.6. The van der Waals surface area contributed by atoms with Crippen molar-refractivity contribution in [3.8, 4) is 0 Å². The number of thiol groups is 1. The quantitative estimate of drug-likeness (QED) is 0.449. The summed E-state index contributed by atoms with van der Waals surface area (Å²) < 4.78 is 0. The fourth-order valence-electron chi connectivity index (χ4n) is 1.71. The van der Waals surface area contributed by atoms with Crippen molar-refractivity contribution < 1.29 is 0 Å². The van der Waals surface area contributed by atoms with E-state index in [0.717, 1.165) is 22.0 Å². The molecule has 94 valence electrons. The summed E-state index contributed by atoms with van der Waals surface area (Å²) in [5, 5.41) is 3.33. The molecule has 0 aliphatic rings. The highest BCUT2D eigenvalue weighted by Crippen LogP contribution is 2.21. The first-order valence-corrected chi connectivity index (χ1v) is 6.20. The minimum Gasteiger partial charge on any atom is -0.397 e. The number of para-hydroxylation sites is 2. The van der Waals surface area contributed by atoms with E-state index in [-0.39, 0.29) is 0 Å². The normalized spacial score (nSPS) is 10.1. The molecular formula is C14H17N3S. The Labute approximate surface area is 113 Å². The van der Waals surface area contributed by atoms with Gasteiger partial charge in [0.15, 0.2) is 0 Å². The summed E-state index contributed by atoms with van der Waals surface area (Å²) in [7, 11) is 2.01. The van der Waals surface area contributed by atoms with Crippen LogP contribution in [0.5, 0.6) is 0 Å². The van der Waals surface area contributed by atoms with E-state index in [2.05, 4.69) is 22.8 Å². The molecule has 18 heavy (non-hydrogen) atoms. The van der Waals surface area contributed by atoms with Gasteiger partial charge in [0.25, 0.3) is 0 Å². The van der Waals surface area contributed by atoms with Gasteiger partial charge in [0.1, 0.15) is 0 Å². The van der Waals surface area contributed by atoms with Crippen molar-refractivity contribution in [3.05, 3.63) is 48.5 Å². The van der Waals surface area contributed by atoms with Crippen LogP contribution < -0.4 is 16.0 Å². The predicted molar refractivity (Wildman–Crippen MR) is 81.4 cm³/mol. The second-order valence-corrected chi connectivity index (χ2v) is 4.65. The van der Waals surface area contributed by atoms with Crippen molar-refractivity contribution in [3.63, 3.8) is 0 Å². The molecule has 0 unspecified atom stereocenters. The van der Waals surface area contributed by atoms with Gasteiger partial charge in [-0.3, -0.25) is 0 Å². The smallest absolute Gasteiger partial charge is 0.0873 e. The topological polar surface area (TPSA) is 41.3 Å². The Morgan fingerprint density at radius 2 is 1.78 bits per heavy atom. The van der Waals surface area contributed by atoms with E-state index in [1.54, 1.807) is 0 Å². The van der Waals surface area contributed by atoms with Gasteiger partial charge in [0, 0.05) is 17.6 Å². The van der Waals surface area contributed by atoms with Crippen molar-refractivity contribution in [2.24, 2.45) is 0 Å². The third-order valence-corrected chi connectivity index (χ3v) is 3.03. The van der Waals surface area contributed by atoms with E-state index in [0.29, 0.717) is 6.67 Å². The van der Waals surface area contributed by atoms with Crippen LogP contribution in [0.15, 0.2) is 53.4 Å². The standard InChI is InChI=1S/C14H17N3S/c1-17(14-5-3-2-4-13(14)15)10-16-11-6-8-12(18)9-7-11/h2-9,16,18H,10,15H2,1H3. The van der Waals surface area contributed by atoms with Crippen LogP contribution in [0.3, 0.4) is 0 Å². The molecule has 3 N–H and O–H groups in total. The predicted octanol–water partition coefficient (Wildman–Crippen LogP) is 3.06. The Morgan fingerprint density at radius 1 is 1.11 bits per heavy atom. The summed E-state index contributed by atoms with van der Waals surface area (Å²) >= 11 is 4.26. The molecule has 0 saturated carbocycles. The van der Waals surface area contributed by atoms with E-state index < -0.39 is 0 Å². The molecule has 0 radical (unpaired) electrons. The van der Waals surface area contributed by atoms with Gasteiger partial charge in [0.2, 0.25) is 0 Å². The van der Waals surface area contributed by atoms with Gasteiger partial charge in [-0.25, -0.2) is 0 Å². The van der Waals surface area contributed by atoms with Crippen LogP contribution in [0.4, 0.5) is 17.1 Å². The lowest BCUT2D eigenvalue weighted by molar-refractivity contribution is 0.980. The third-order valence-electron chi connectivity index (χ3n) is 2.74. The fourth-order valence-corrected chi connectivity index (χ4v) is 1.86. The maximum Gasteiger partial charge on any atom is 0.0873 e. The molecule has 4 heteroatoms. The van der Waals surface area contributed by atoms with Crippen molar-refractivity contribution in [2.75, 3.05) is 29.7 Å². The number of nitrogens with two attached hydrogens (primary N) is 1. The molecule has 2 rings (SSSR count). The number of nitrogens with zero attached hydrogens (tertiary/aromatic N) is 1. The molecular weight excluding hydrogens is 242 g/mol. The largest absolute Gasteiger partial charge is 0.397 e. The van der Waals surface area contributed by atoms with Crippen LogP contribution >= 0.6 is 12.6 Å². The SMILES string of the molecule is CN(CNc1ccc(S)cc1)c1ccccc1N. The lowest BCUT2D eigenvalue weighted by Crippen LogP contribution is -2.25. The van der Waals surface area contributed by atoms with Gasteiger partial charge < -0.3 is 16.0 Å². The van der Waals surface area contributed by atoms with Crippen LogP contribution in [0, 0.1) is 0 Å². The number of hydrogen-bond acceptors (Lipinski definition) is 4. The van der Waals surface area contributed by atoms with Gasteiger partial charge in [-0.15, -0.1) is 12.6 Å². The first-order chi connectivity index (χ1) is 8.66. The average molecular weight is 259 g/mol. The first-order valence-electron chi connectivity index (χ1n) is 5.75. The number of anilines is 3. The van der Waals surface area contributed by atoms with E-state index in [4.69, 9.17) is 5.73 Å². The molecule has 0 atom stereocenters. The van der Waals surface area contributed by atoms with E-state index in [9.17, 15) is 0 Å². The van der Waals surface area contributed by atoms with Gasteiger partial charge in [-0.05, 0) is 36.4 Å². The van der Waals surface area contributed by atoms with Crippen LogP contribution in [0.25, 0.3) is 0 Å². The average Bonchev–Trinajstić information content (AvgIpc) is 2.38. The van der Waals surface area contributed by atoms with E-state index >= 15 is 0 Å². The second kappa shape index (κ2) is 5.69. The Bertz CT molecular complexity index is 511. The summed E-state index contributed by atoms with van der Waals surface area (Å²) in [5.74, 6) is 0. The Hall–Kier alpha value is -1.81. The van der Waals surface area contributed by atoms with Crippen LogP contribution in [-0.2, 0) is 0 Å². The number of hydrogen-bond donors (Lipinski definition) is 3. The number of benzene rings is 2. The highest BCUT2D eigenvalue weighted by Gasteiger charge is 2.03. The molecule has 0 spiro atoms. The molecule has 0 heterocycles. The van der Waals surface area contributed by atoms with E-state index in [1.807, 2.05) is 55.6 Å². The zero-order valence-electron chi connectivity index (χ0n) is 10.3. The van der Waals surface area contributed by atoms with Crippen LogP contribution in [0.1, 0.15) is 0 Å². The van der Waals surface area contributed by atoms with Crippen molar-refractivity contribution in [2.45, 2.75) is 4.90 Å². The summed E-state index contributed by atoms with van der Waals surface area (Å²) in [6, 6.07) is 15.8. The van der Waals surface area contributed by atoms with Crippen molar-refractivity contribution >= 4 is 29.7 Å². The molecule has 0 saturated heterocycles. The highest BCUT2D eigenvalue weighted by molar-refractivity contribution is 7.80. The molecule has 0 bridgehead atoms. The molecule has 2 aromatic carbocycles. The number of rotatable bonds is 4. The maximum atomic E-state index is 5.93. The summed E-state index contributed by atoms with van der Waals surface area (Å²) in [6.07, 6.45) is 0. The van der Waals surface area contributed by atoms with Crippen LogP contribution in [-0.4, -0.2) is 13.7 Å². The molecule has 0 fully saturated rings. The zero-order chi connectivity index (χ0) is 13.0. The summed E-state index contributed by atoms with van der Waals surface area (Å²) in [6.45, 7) is 0.695. The van der Waals surface area contributed by atoms with Gasteiger partial charge in [-0.2, -0.15) is 0 Å². The molecule has 0 aliphatic carbocycles. The minimum atomic E-state index is 0.695. The monoisotopic (exact) mass is 259 g/mol. The third kappa shape index (κ3) is 3.11. The summed E-state index contributed by atoms with van der Waals surface area (Å²) in [5.41, 5.74) is 8.80. The van der Waals surface area contributed by atoms with Crippen LogP contribution in [0.2, 0.25) is 0 Å². The second-order valence-electron chi connectivity index (χ2n) is 4.14. The highest BCUT2D eigenvalue weighted by atomic mass is 32.1. The lowest BCUT2D eigenvalue weighted by atomic mass is 10.2. The fraction of sp³-hybridized carbons (Fsp3) is 0.143. The minimum absolute atomic E-state index is 0.695. The van der Waals surface area contributed by atoms with Crippen molar-refractivity contribution in [1.82, 2.24) is 0 Å². The molecule has 0 aromatic heterocycles. The zero-order valence-corrected chi connectivity index (χ0v) is 11.2. The number of nitrogens with one attached hydrogen (secondary N) is 1.